The van der Waals surface area contributed by atoms with Gasteiger partial charge in [0.1, 0.15) is 0 Å². The fraction of sp³-hybridized carbons (Fsp3) is 0.667. The number of aromatic nitrogens is 1. The summed E-state index contributed by atoms with van der Waals surface area (Å²) in [5.41, 5.74) is 1.00. The maximum Gasteiger partial charge on any atom is 0.225 e. The monoisotopic (exact) mass is 286 g/mol. The number of nitrogens with one attached hydrogen (secondary N) is 2. The largest absolute Gasteiger partial charge is 0.381 e. The van der Waals surface area contributed by atoms with Crippen molar-refractivity contribution in [2.45, 2.75) is 44.8 Å². The molecule has 2 N–H and O–H groups in total. The first kappa shape index (κ1) is 13.7. The summed E-state index contributed by atoms with van der Waals surface area (Å²) in [6.07, 6.45) is 3.67. The van der Waals surface area contributed by atoms with Crippen molar-refractivity contribution in [3.63, 3.8) is 0 Å². The molecular weight excluding hydrogens is 268 g/mol. The van der Waals surface area contributed by atoms with Crippen molar-refractivity contribution in [3.8, 4) is 0 Å². The van der Waals surface area contributed by atoms with Crippen molar-refractivity contribution in [2.24, 2.45) is 0 Å². The second-order valence-corrected chi connectivity index (χ2v) is 6.45. The van der Waals surface area contributed by atoms with Gasteiger partial charge < -0.3 is 15.0 Å². The van der Waals surface area contributed by atoms with Crippen LogP contribution in [0.5, 0.6) is 0 Å². The van der Waals surface area contributed by atoms with Crippen LogP contribution in [0.15, 0.2) is 0 Å². The molecule has 18 heavy (non-hydrogen) atoms. The van der Waals surface area contributed by atoms with Crippen LogP contribution in [0.1, 0.15) is 29.8 Å². The van der Waals surface area contributed by atoms with Crippen LogP contribution in [0.4, 0.5) is 0 Å². The molecule has 1 amide bonds. The van der Waals surface area contributed by atoms with Gasteiger partial charge in [-0.2, -0.15) is 0 Å². The first-order valence-electron chi connectivity index (χ1n) is 6.09. The maximum atomic E-state index is 11.9. The number of aromatic amines is 1. The highest BCUT2D eigenvalue weighted by Crippen LogP contribution is 2.22. The van der Waals surface area contributed by atoms with Crippen molar-refractivity contribution >= 4 is 29.5 Å². The van der Waals surface area contributed by atoms with E-state index in [-0.39, 0.29) is 11.9 Å². The minimum absolute atomic E-state index is 0.0742. The highest BCUT2D eigenvalue weighted by atomic mass is 32.1. The Labute approximate surface area is 116 Å². The molecule has 0 bridgehead atoms. The summed E-state index contributed by atoms with van der Waals surface area (Å²) in [5, 5.41) is 3.07. The van der Waals surface area contributed by atoms with Crippen molar-refractivity contribution < 1.29 is 9.53 Å². The summed E-state index contributed by atoms with van der Waals surface area (Å²) in [4.78, 5) is 16.0. The van der Waals surface area contributed by atoms with Crippen molar-refractivity contribution in [2.75, 3.05) is 7.11 Å². The first-order chi connectivity index (χ1) is 8.58. The zero-order chi connectivity index (χ0) is 13.1. The van der Waals surface area contributed by atoms with Gasteiger partial charge in [-0.1, -0.05) is 0 Å². The highest BCUT2D eigenvalue weighted by molar-refractivity contribution is 7.73. The van der Waals surface area contributed by atoms with Gasteiger partial charge in [-0.05, 0) is 38.4 Å². The molecule has 2 unspecified atom stereocenters. The molecule has 0 saturated heterocycles. The van der Waals surface area contributed by atoms with Gasteiger partial charge in [-0.15, -0.1) is 11.3 Å². The van der Waals surface area contributed by atoms with E-state index in [4.69, 9.17) is 17.0 Å². The molecule has 0 aromatic carbocycles. The topological polar surface area (TPSA) is 54.1 Å². The lowest BCUT2D eigenvalue weighted by Crippen LogP contribution is -2.34. The number of H-pyrrole nitrogens is 1. The number of methoxy groups -OCH3 is 1. The van der Waals surface area contributed by atoms with E-state index in [1.54, 1.807) is 7.11 Å². The standard InChI is InChI=1S/C12H18N2O2S2/c1-7-10(18-12(17)13-7)6-11(15)14-8-3-4-9(5-8)16-2/h8-9H,3-6H2,1-2H3,(H,13,17)(H,14,15). The fourth-order valence-electron chi connectivity index (χ4n) is 2.32. The molecule has 1 aliphatic rings. The Morgan fingerprint density at radius 1 is 1.61 bits per heavy atom. The van der Waals surface area contributed by atoms with Gasteiger partial charge >= 0.3 is 0 Å². The summed E-state index contributed by atoms with van der Waals surface area (Å²) >= 11 is 6.54. The van der Waals surface area contributed by atoms with E-state index >= 15 is 0 Å². The Bertz CT molecular complexity index is 481. The number of carbonyl (C=O) groups excluding carboxylic acids is 1. The SMILES string of the molecule is COC1CCC(NC(=O)Cc2sc(=S)[nH]c2C)C1. The first-order valence-corrected chi connectivity index (χ1v) is 7.31. The van der Waals surface area contributed by atoms with Gasteiger partial charge in [0.05, 0.1) is 12.5 Å². The average Bonchev–Trinajstić information content (AvgIpc) is 2.86. The lowest BCUT2D eigenvalue weighted by atomic mass is 10.2. The number of rotatable bonds is 4. The summed E-state index contributed by atoms with van der Waals surface area (Å²) in [6, 6.07) is 0.259. The minimum atomic E-state index is 0.0742. The van der Waals surface area contributed by atoms with Gasteiger partial charge in [-0.25, -0.2) is 0 Å². The summed E-state index contributed by atoms with van der Waals surface area (Å²) in [5.74, 6) is 0.0742. The van der Waals surface area contributed by atoms with Gasteiger partial charge in [0.15, 0.2) is 3.95 Å². The number of carbonyl (C=O) groups is 1. The third kappa shape index (κ3) is 3.40. The summed E-state index contributed by atoms with van der Waals surface area (Å²) in [7, 11) is 1.73. The molecule has 1 fully saturated rings. The smallest absolute Gasteiger partial charge is 0.225 e. The molecule has 1 heterocycles. The van der Waals surface area contributed by atoms with Crippen LogP contribution >= 0.6 is 23.6 Å². The van der Waals surface area contributed by atoms with E-state index in [0.717, 1.165) is 33.8 Å². The Morgan fingerprint density at radius 3 is 2.94 bits per heavy atom. The molecule has 0 aliphatic heterocycles. The Morgan fingerprint density at radius 2 is 2.39 bits per heavy atom. The Kier molecular flexibility index (Phi) is 4.53. The number of amides is 1. The predicted octanol–water partition coefficient (Wildman–Crippen LogP) is 2.34. The number of hydrogen-bond acceptors (Lipinski definition) is 4. The van der Waals surface area contributed by atoms with Crippen LogP contribution in [0.25, 0.3) is 0 Å². The molecule has 1 aromatic heterocycles. The molecule has 100 valence electrons. The highest BCUT2D eigenvalue weighted by Gasteiger charge is 2.25. The zero-order valence-electron chi connectivity index (χ0n) is 10.6. The molecule has 1 saturated carbocycles. The van der Waals surface area contributed by atoms with Gasteiger partial charge in [0, 0.05) is 23.7 Å². The van der Waals surface area contributed by atoms with Crippen LogP contribution in [0.2, 0.25) is 0 Å². The third-order valence-electron chi connectivity index (χ3n) is 3.33. The van der Waals surface area contributed by atoms with E-state index in [2.05, 4.69) is 10.3 Å². The Hall–Kier alpha value is -0.720. The van der Waals surface area contributed by atoms with E-state index in [1.165, 1.54) is 11.3 Å². The lowest BCUT2D eigenvalue weighted by molar-refractivity contribution is -0.121. The van der Waals surface area contributed by atoms with Crippen LogP contribution in [0.3, 0.4) is 0 Å². The van der Waals surface area contributed by atoms with Crippen LogP contribution in [0, 0.1) is 10.9 Å². The van der Waals surface area contributed by atoms with Crippen molar-refractivity contribution in [1.82, 2.24) is 10.3 Å². The average molecular weight is 286 g/mol. The molecule has 2 rings (SSSR count). The minimum Gasteiger partial charge on any atom is -0.381 e. The number of thiazole rings is 1. The summed E-state index contributed by atoms with van der Waals surface area (Å²) < 4.78 is 6.03. The molecule has 1 aromatic rings. The lowest BCUT2D eigenvalue weighted by Gasteiger charge is -2.12. The maximum absolute atomic E-state index is 11.9. The van der Waals surface area contributed by atoms with E-state index in [9.17, 15) is 4.79 Å². The van der Waals surface area contributed by atoms with E-state index in [1.807, 2.05) is 6.92 Å². The van der Waals surface area contributed by atoms with Crippen LogP contribution in [-0.4, -0.2) is 30.1 Å². The van der Waals surface area contributed by atoms with E-state index < -0.39 is 0 Å². The third-order valence-corrected chi connectivity index (χ3v) is 4.66. The number of ether oxygens (including phenoxy) is 1. The number of aryl methyl sites for hydroxylation is 1. The molecular formula is C12H18N2O2S2. The second-order valence-electron chi connectivity index (χ2n) is 4.67. The molecule has 2 atom stereocenters. The summed E-state index contributed by atoms with van der Waals surface area (Å²) in [6.45, 7) is 1.95. The molecule has 0 radical (unpaired) electrons. The predicted molar refractivity (Wildman–Crippen MR) is 74.5 cm³/mol. The second kappa shape index (κ2) is 5.95. The zero-order valence-corrected chi connectivity index (χ0v) is 12.2. The van der Waals surface area contributed by atoms with Crippen LogP contribution < -0.4 is 5.32 Å². The molecule has 4 nitrogen and oxygen atoms in total. The normalized spacial score (nSPS) is 23.2. The fourth-order valence-corrected chi connectivity index (χ4v) is 3.61. The van der Waals surface area contributed by atoms with Gasteiger partial charge in [-0.3, -0.25) is 4.79 Å². The van der Waals surface area contributed by atoms with E-state index in [0.29, 0.717) is 12.5 Å². The van der Waals surface area contributed by atoms with Crippen LogP contribution in [-0.2, 0) is 16.0 Å². The molecule has 1 aliphatic carbocycles. The van der Waals surface area contributed by atoms with Crippen molar-refractivity contribution in [3.05, 3.63) is 14.5 Å². The Balaban J connectivity index is 1.86. The van der Waals surface area contributed by atoms with Crippen molar-refractivity contribution in [1.29, 1.82) is 0 Å². The molecule has 6 heteroatoms. The molecule has 0 spiro atoms. The van der Waals surface area contributed by atoms with Gasteiger partial charge in [0.25, 0.3) is 0 Å². The quantitative estimate of drug-likeness (QED) is 0.835. The number of hydrogen-bond donors (Lipinski definition) is 2. The van der Waals surface area contributed by atoms with Gasteiger partial charge in [0.2, 0.25) is 5.91 Å².